The lowest BCUT2D eigenvalue weighted by atomic mass is 10.0. The second kappa shape index (κ2) is 6.40. The highest BCUT2D eigenvalue weighted by Crippen LogP contribution is 2.07. The molecular formula is C12H20N2O. The third kappa shape index (κ3) is 4.79. The summed E-state index contributed by atoms with van der Waals surface area (Å²) >= 11 is 0. The van der Waals surface area contributed by atoms with Crippen molar-refractivity contribution in [2.45, 2.75) is 38.8 Å². The highest BCUT2D eigenvalue weighted by Gasteiger charge is 2.18. The van der Waals surface area contributed by atoms with Crippen molar-refractivity contribution in [2.75, 3.05) is 6.54 Å². The van der Waals surface area contributed by atoms with Crippen LogP contribution >= 0.6 is 0 Å². The summed E-state index contributed by atoms with van der Waals surface area (Å²) in [4.78, 5) is 11.4. The smallest absolute Gasteiger partial charge is 0.244 e. The van der Waals surface area contributed by atoms with Gasteiger partial charge in [-0.05, 0) is 33.2 Å². The van der Waals surface area contributed by atoms with Crippen molar-refractivity contribution in [1.82, 2.24) is 10.6 Å². The van der Waals surface area contributed by atoms with Crippen molar-refractivity contribution in [3.05, 3.63) is 24.3 Å². The van der Waals surface area contributed by atoms with Crippen LogP contribution in [0.4, 0.5) is 0 Å². The fourth-order valence-corrected chi connectivity index (χ4v) is 1.77. The monoisotopic (exact) mass is 208 g/mol. The van der Waals surface area contributed by atoms with Crippen molar-refractivity contribution in [1.29, 1.82) is 0 Å². The van der Waals surface area contributed by atoms with Crippen LogP contribution in [-0.2, 0) is 4.79 Å². The summed E-state index contributed by atoms with van der Waals surface area (Å²) in [5.74, 6) is 0.00667. The summed E-state index contributed by atoms with van der Waals surface area (Å²) < 4.78 is 0. The van der Waals surface area contributed by atoms with Crippen LogP contribution in [0.15, 0.2) is 24.3 Å². The number of piperidine rings is 1. The molecule has 0 spiro atoms. The van der Waals surface area contributed by atoms with Crippen LogP contribution < -0.4 is 10.6 Å². The molecule has 1 amide bonds. The molecule has 0 aromatic carbocycles. The van der Waals surface area contributed by atoms with E-state index in [1.807, 2.05) is 19.1 Å². The lowest BCUT2D eigenvalue weighted by Gasteiger charge is -2.28. The lowest BCUT2D eigenvalue weighted by molar-refractivity contribution is -0.117. The Kier molecular flexibility index (Phi) is 5.12. The molecule has 15 heavy (non-hydrogen) atoms. The highest BCUT2D eigenvalue weighted by molar-refractivity contribution is 5.87. The highest BCUT2D eigenvalue weighted by atomic mass is 16.1. The van der Waals surface area contributed by atoms with E-state index in [0.717, 1.165) is 19.4 Å². The van der Waals surface area contributed by atoms with E-state index in [0.29, 0.717) is 12.1 Å². The van der Waals surface area contributed by atoms with Gasteiger partial charge in [0.2, 0.25) is 5.91 Å². The van der Waals surface area contributed by atoms with E-state index in [4.69, 9.17) is 0 Å². The quantitative estimate of drug-likeness (QED) is 0.543. The number of nitrogens with one attached hydrogen (secondary N) is 2. The molecule has 1 fully saturated rings. The van der Waals surface area contributed by atoms with Crippen molar-refractivity contribution in [3.8, 4) is 0 Å². The van der Waals surface area contributed by atoms with Crippen LogP contribution in [0.3, 0.4) is 0 Å². The number of carbonyl (C=O) groups excluding carboxylic acids is 1. The largest absolute Gasteiger partial charge is 0.350 e. The van der Waals surface area contributed by atoms with E-state index in [-0.39, 0.29) is 5.91 Å². The molecular weight excluding hydrogens is 188 g/mol. The molecule has 1 saturated heterocycles. The Balaban J connectivity index is 2.30. The maximum absolute atomic E-state index is 11.4. The van der Waals surface area contributed by atoms with Gasteiger partial charge in [-0.2, -0.15) is 0 Å². The molecule has 0 aromatic heterocycles. The van der Waals surface area contributed by atoms with E-state index in [9.17, 15) is 4.79 Å². The molecule has 0 saturated carbocycles. The Bertz CT molecular complexity index is 258. The van der Waals surface area contributed by atoms with E-state index in [2.05, 4.69) is 17.6 Å². The van der Waals surface area contributed by atoms with Gasteiger partial charge in [0.25, 0.3) is 0 Å². The van der Waals surface area contributed by atoms with Crippen LogP contribution in [0.2, 0.25) is 0 Å². The first-order chi connectivity index (χ1) is 7.22. The number of rotatable bonds is 3. The lowest BCUT2D eigenvalue weighted by Crippen LogP contribution is -2.46. The third-order valence-electron chi connectivity index (χ3n) is 2.52. The van der Waals surface area contributed by atoms with Crippen molar-refractivity contribution >= 4 is 5.91 Å². The predicted molar refractivity (Wildman–Crippen MR) is 62.6 cm³/mol. The maximum atomic E-state index is 11.4. The topological polar surface area (TPSA) is 41.1 Å². The minimum absolute atomic E-state index is 0.00667. The molecule has 3 heteroatoms. The number of carbonyl (C=O) groups is 1. The van der Waals surface area contributed by atoms with Gasteiger partial charge >= 0.3 is 0 Å². The summed E-state index contributed by atoms with van der Waals surface area (Å²) in [6.45, 7) is 5.06. The summed E-state index contributed by atoms with van der Waals surface area (Å²) in [5.41, 5.74) is 0. The van der Waals surface area contributed by atoms with Crippen LogP contribution in [-0.4, -0.2) is 24.5 Å². The molecule has 0 bridgehead atoms. The molecule has 2 atom stereocenters. The maximum Gasteiger partial charge on any atom is 0.244 e. The predicted octanol–water partition coefficient (Wildman–Crippen LogP) is 1.38. The fourth-order valence-electron chi connectivity index (χ4n) is 1.77. The molecule has 84 valence electrons. The average Bonchev–Trinajstić information content (AvgIpc) is 2.18. The number of hydrogen-bond donors (Lipinski definition) is 2. The summed E-state index contributed by atoms with van der Waals surface area (Å²) in [5, 5.41) is 6.37. The van der Waals surface area contributed by atoms with Gasteiger partial charge in [0.05, 0.1) is 0 Å². The second-order valence-electron chi connectivity index (χ2n) is 3.97. The molecule has 0 radical (unpaired) electrons. The van der Waals surface area contributed by atoms with Crippen LogP contribution in [0.25, 0.3) is 0 Å². The van der Waals surface area contributed by atoms with Crippen LogP contribution in [0, 0.1) is 0 Å². The Morgan fingerprint density at radius 3 is 2.93 bits per heavy atom. The molecule has 0 aromatic rings. The van der Waals surface area contributed by atoms with E-state index >= 15 is 0 Å². The number of hydrogen-bond acceptors (Lipinski definition) is 2. The molecule has 2 N–H and O–H groups in total. The van der Waals surface area contributed by atoms with E-state index < -0.39 is 0 Å². The Labute approximate surface area is 91.6 Å². The average molecular weight is 208 g/mol. The zero-order chi connectivity index (χ0) is 11.1. The van der Waals surface area contributed by atoms with Gasteiger partial charge in [-0.3, -0.25) is 4.79 Å². The molecule has 1 rings (SSSR count). The third-order valence-corrected chi connectivity index (χ3v) is 2.52. The van der Waals surface area contributed by atoms with Crippen molar-refractivity contribution in [3.63, 3.8) is 0 Å². The molecule has 1 aliphatic heterocycles. The molecule has 0 aliphatic carbocycles. The van der Waals surface area contributed by atoms with E-state index in [1.54, 1.807) is 12.2 Å². The standard InChI is InChI=1S/C12H20N2O/c1-3-4-5-6-12(15)14-11-7-8-13-10(2)9-11/h3-6,10-11,13H,7-9H2,1-2H3,(H,14,15). The van der Waals surface area contributed by atoms with Gasteiger partial charge in [-0.25, -0.2) is 0 Å². The minimum Gasteiger partial charge on any atom is -0.350 e. The SMILES string of the molecule is CC=CC=CC(=O)NC1CCNC(C)C1. The van der Waals surface area contributed by atoms with Crippen molar-refractivity contribution in [2.24, 2.45) is 0 Å². The molecule has 2 unspecified atom stereocenters. The fraction of sp³-hybridized carbons (Fsp3) is 0.583. The van der Waals surface area contributed by atoms with Gasteiger partial charge in [0.1, 0.15) is 0 Å². The van der Waals surface area contributed by atoms with Gasteiger partial charge in [-0.1, -0.05) is 18.2 Å². The van der Waals surface area contributed by atoms with Crippen LogP contribution in [0.1, 0.15) is 26.7 Å². The first-order valence-electron chi connectivity index (χ1n) is 5.55. The molecule has 1 aliphatic rings. The zero-order valence-electron chi connectivity index (χ0n) is 9.49. The Morgan fingerprint density at radius 1 is 1.47 bits per heavy atom. The zero-order valence-corrected chi connectivity index (χ0v) is 9.49. The van der Waals surface area contributed by atoms with Gasteiger partial charge in [0.15, 0.2) is 0 Å². The summed E-state index contributed by atoms with van der Waals surface area (Å²) in [6.07, 6.45) is 9.13. The van der Waals surface area contributed by atoms with Crippen LogP contribution in [0.5, 0.6) is 0 Å². The minimum atomic E-state index is 0.00667. The summed E-state index contributed by atoms with van der Waals surface area (Å²) in [7, 11) is 0. The summed E-state index contributed by atoms with van der Waals surface area (Å²) in [6, 6.07) is 0.826. The first kappa shape index (κ1) is 12.0. The Morgan fingerprint density at radius 2 is 2.27 bits per heavy atom. The van der Waals surface area contributed by atoms with Gasteiger partial charge < -0.3 is 10.6 Å². The van der Waals surface area contributed by atoms with E-state index in [1.165, 1.54) is 0 Å². The second-order valence-corrected chi connectivity index (χ2v) is 3.97. The van der Waals surface area contributed by atoms with Gasteiger partial charge in [-0.15, -0.1) is 0 Å². The number of allylic oxidation sites excluding steroid dienone is 3. The van der Waals surface area contributed by atoms with Gasteiger partial charge in [0, 0.05) is 18.2 Å². The normalized spacial score (nSPS) is 27.3. The van der Waals surface area contributed by atoms with Crippen molar-refractivity contribution < 1.29 is 4.79 Å². The molecule has 1 heterocycles. The number of amides is 1. The Hall–Kier alpha value is -1.09. The first-order valence-corrected chi connectivity index (χ1v) is 5.55. The molecule has 3 nitrogen and oxygen atoms in total.